The molecule has 1 saturated heterocycles. The number of hydrogen-bond acceptors (Lipinski definition) is 5. The Kier molecular flexibility index (Phi) is 7.47. The van der Waals surface area contributed by atoms with Crippen molar-refractivity contribution in [2.45, 2.75) is 44.9 Å². The van der Waals surface area contributed by atoms with Gasteiger partial charge in [0.15, 0.2) is 11.5 Å². The Balaban J connectivity index is 1.32. The van der Waals surface area contributed by atoms with Crippen LogP contribution in [-0.2, 0) is 20.7 Å². The number of rotatable bonds is 8. The molecule has 1 fully saturated rings. The van der Waals surface area contributed by atoms with E-state index in [0.29, 0.717) is 32.5 Å². The van der Waals surface area contributed by atoms with Crippen LogP contribution < -0.4 is 9.47 Å². The Morgan fingerprint density at radius 1 is 1.09 bits per heavy atom. The minimum Gasteiger partial charge on any atom is -0.466 e. The van der Waals surface area contributed by atoms with Crippen LogP contribution in [0.15, 0.2) is 42.5 Å². The average molecular weight is 456 g/mol. The number of fused-ring (bicyclic) bond motifs is 1. The standard InChI is InChI=1S/C26H30FNO5/c1-2-31-26(30)16-22(19-5-7-21(27)8-6-19)20-11-13-28(14-12-20)25(29)10-4-18-3-9-23-24(15-18)33-17-32-23/h3,5-9,15,20,22H,2,4,10-14,16-17H2,1H3/t22-/m1/s1. The summed E-state index contributed by atoms with van der Waals surface area (Å²) in [6.45, 7) is 3.68. The Bertz CT molecular complexity index is 969. The molecular weight excluding hydrogens is 425 g/mol. The van der Waals surface area contributed by atoms with Crippen LogP contribution in [0.4, 0.5) is 4.39 Å². The number of likely N-dealkylation sites (tertiary alicyclic amines) is 1. The van der Waals surface area contributed by atoms with Crippen LogP contribution in [0.1, 0.15) is 49.7 Å². The predicted molar refractivity (Wildman–Crippen MR) is 121 cm³/mol. The molecule has 0 aliphatic carbocycles. The second kappa shape index (κ2) is 10.7. The van der Waals surface area contributed by atoms with E-state index in [9.17, 15) is 14.0 Å². The van der Waals surface area contributed by atoms with Crippen LogP contribution in [0, 0.1) is 11.7 Å². The topological polar surface area (TPSA) is 65.1 Å². The first-order valence-corrected chi connectivity index (χ1v) is 11.6. The highest BCUT2D eigenvalue weighted by molar-refractivity contribution is 5.76. The quantitative estimate of drug-likeness (QED) is 0.550. The normalized spacial score (nSPS) is 16.5. The molecule has 1 atom stereocenters. The molecule has 0 bridgehead atoms. The van der Waals surface area contributed by atoms with Crippen molar-refractivity contribution < 1.29 is 28.2 Å². The van der Waals surface area contributed by atoms with E-state index < -0.39 is 0 Å². The second-order valence-corrected chi connectivity index (χ2v) is 8.57. The Labute approximate surface area is 193 Å². The van der Waals surface area contributed by atoms with E-state index >= 15 is 0 Å². The highest BCUT2D eigenvalue weighted by Crippen LogP contribution is 2.36. The Morgan fingerprint density at radius 2 is 1.82 bits per heavy atom. The summed E-state index contributed by atoms with van der Waals surface area (Å²) >= 11 is 0. The number of hydrogen-bond donors (Lipinski definition) is 0. The fraction of sp³-hybridized carbons (Fsp3) is 0.462. The second-order valence-electron chi connectivity index (χ2n) is 8.57. The van der Waals surface area contributed by atoms with E-state index in [1.165, 1.54) is 12.1 Å². The van der Waals surface area contributed by atoms with Gasteiger partial charge in [-0.25, -0.2) is 4.39 Å². The molecule has 0 aromatic heterocycles. The number of carbonyl (C=O) groups is 2. The van der Waals surface area contributed by atoms with Crippen LogP contribution in [0.2, 0.25) is 0 Å². The van der Waals surface area contributed by atoms with Gasteiger partial charge in [-0.1, -0.05) is 18.2 Å². The molecule has 0 unspecified atom stereocenters. The number of halogens is 1. The molecule has 7 heteroatoms. The lowest BCUT2D eigenvalue weighted by Gasteiger charge is -2.36. The number of piperidine rings is 1. The average Bonchev–Trinajstić information content (AvgIpc) is 3.30. The van der Waals surface area contributed by atoms with Gasteiger partial charge in [0.2, 0.25) is 12.7 Å². The lowest BCUT2D eigenvalue weighted by atomic mass is 9.78. The van der Waals surface area contributed by atoms with Crippen molar-refractivity contribution in [1.82, 2.24) is 4.90 Å². The minimum atomic E-state index is -0.295. The van der Waals surface area contributed by atoms with E-state index in [0.717, 1.165) is 35.5 Å². The molecule has 1 amide bonds. The lowest BCUT2D eigenvalue weighted by molar-refractivity contribution is -0.144. The zero-order valence-electron chi connectivity index (χ0n) is 18.9. The van der Waals surface area contributed by atoms with Gasteiger partial charge in [-0.3, -0.25) is 9.59 Å². The minimum absolute atomic E-state index is 0.0458. The molecule has 2 aromatic carbocycles. The third-order valence-corrected chi connectivity index (χ3v) is 6.52. The first-order chi connectivity index (χ1) is 16.0. The summed E-state index contributed by atoms with van der Waals surface area (Å²) in [7, 11) is 0. The number of esters is 1. The van der Waals surface area contributed by atoms with Gasteiger partial charge in [0.1, 0.15) is 5.82 Å². The number of ether oxygens (including phenoxy) is 3. The van der Waals surface area contributed by atoms with Crippen molar-refractivity contribution in [3.63, 3.8) is 0 Å². The molecule has 2 aliphatic heterocycles. The molecule has 0 saturated carbocycles. The van der Waals surface area contributed by atoms with Gasteiger partial charge in [-0.2, -0.15) is 0 Å². The maximum Gasteiger partial charge on any atom is 0.306 e. The molecule has 2 heterocycles. The van der Waals surface area contributed by atoms with Crippen LogP contribution >= 0.6 is 0 Å². The Morgan fingerprint density at radius 3 is 2.55 bits per heavy atom. The molecule has 0 spiro atoms. The number of aryl methyl sites for hydroxylation is 1. The molecule has 176 valence electrons. The van der Waals surface area contributed by atoms with Crippen LogP contribution in [0.25, 0.3) is 0 Å². The monoisotopic (exact) mass is 455 g/mol. The smallest absolute Gasteiger partial charge is 0.306 e. The van der Waals surface area contributed by atoms with Gasteiger partial charge in [0.25, 0.3) is 0 Å². The Hall–Kier alpha value is -3.09. The van der Waals surface area contributed by atoms with Crippen molar-refractivity contribution in [2.75, 3.05) is 26.5 Å². The highest BCUT2D eigenvalue weighted by Gasteiger charge is 2.31. The third kappa shape index (κ3) is 5.83. The van der Waals surface area contributed by atoms with E-state index in [1.807, 2.05) is 23.1 Å². The number of benzene rings is 2. The molecule has 0 N–H and O–H groups in total. The van der Waals surface area contributed by atoms with E-state index in [2.05, 4.69) is 0 Å². The summed E-state index contributed by atoms with van der Waals surface area (Å²) in [5.74, 6) is 1.26. The molecular formula is C26H30FNO5. The van der Waals surface area contributed by atoms with Crippen LogP contribution in [0.5, 0.6) is 11.5 Å². The molecule has 4 rings (SSSR count). The third-order valence-electron chi connectivity index (χ3n) is 6.52. The van der Waals surface area contributed by atoms with Crippen molar-refractivity contribution in [2.24, 2.45) is 5.92 Å². The maximum atomic E-state index is 13.4. The fourth-order valence-corrected chi connectivity index (χ4v) is 4.72. The molecule has 2 aromatic rings. The fourth-order valence-electron chi connectivity index (χ4n) is 4.72. The SMILES string of the molecule is CCOC(=O)C[C@H](c1ccc(F)cc1)C1CCN(C(=O)CCc2ccc3c(c2)OCO3)CC1. The van der Waals surface area contributed by atoms with Gasteiger partial charge < -0.3 is 19.1 Å². The summed E-state index contributed by atoms with van der Waals surface area (Å²) in [5.41, 5.74) is 1.99. The highest BCUT2D eigenvalue weighted by atomic mass is 19.1. The molecule has 0 radical (unpaired) electrons. The van der Waals surface area contributed by atoms with Crippen molar-refractivity contribution in [3.8, 4) is 11.5 Å². The van der Waals surface area contributed by atoms with E-state index in [4.69, 9.17) is 14.2 Å². The zero-order valence-corrected chi connectivity index (χ0v) is 18.9. The maximum absolute atomic E-state index is 13.4. The van der Waals surface area contributed by atoms with Gasteiger partial charge in [0.05, 0.1) is 13.0 Å². The van der Waals surface area contributed by atoms with Crippen molar-refractivity contribution in [3.05, 3.63) is 59.4 Å². The van der Waals surface area contributed by atoms with Gasteiger partial charge in [-0.05, 0) is 73.4 Å². The molecule has 33 heavy (non-hydrogen) atoms. The van der Waals surface area contributed by atoms with Crippen molar-refractivity contribution >= 4 is 11.9 Å². The summed E-state index contributed by atoms with van der Waals surface area (Å²) in [5, 5.41) is 0. The molecule has 2 aliphatic rings. The summed E-state index contributed by atoms with van der Waals surface area (Å²) in [4.78, 5) is 26.9. The number of nitrogens with zero attached hydrogens (tertiary/aromatic N) is 1. The van der Waals surface area contributed by atoms with E-state index in [1.54, 1.807) is 19.1 Å². The molecule has 6 nitrogen and oxygen atoms in total. The van der Waals surface area contributed by atoms with Gasteiger partial charge in [-0.15, -0.1) is 0 Å². The number of amides is 1. The van der Waals surface area contributed by atoms with Crippen molar-refractivity contribution in [1.29, 1.82) is 0 Å². The van der Waals surface area contributed by atoms with Crippen LogP contribution in [0.3, 0.4) is 0 Å². The first-order valence-electron chi connectivity index (χ1n) is 11.6. The summed E-state index contributed by atoms with van der Waals surface area (Å²) < 4.78 is 29.3. The number of carbonyl (C=O) groups excluding carboxylic acids is 2. The first kappa shape index (κ1) is 23.1. The summed E-state index contributed by atoms with van der Waals surface area (Å²) in [6.07, 6.45) is 2.96. The van der Waals surface area contributed by atoms with Gasteiger partial charge in [0, 0.05) is 19.5 Å². The lowest BCUT2D eigenvalue weighted by Crippen LogP contribution is -2.40. The van der Waals surface area contributed by atoms with Crippen LogP contribution in [-0.4, -0.2) is 43.3 Å². The predicted octanol–water partition coefficient (Wildman–Crippen LogP) is 4.46. The van der Waals surface area contributed by atoms with Gasteiger partial charge >= 0.3 is 5.97 Å². The zero-order chi connectivity index (χ0) is 23.2. The van der Waals surface area contributed by atoms with E-state index in [-0.39, 0.29) is 42.7 Å². The largest absolute Gasteiger partial charge is 0.466 e. The summed E-state index contributed by atoms with van der Waals surface area (Å²) in [6, 6.07) is 12.2.